The number of nitrogens with two attached hydrogens (primary N) is 2. The maximum atomic E-state index is 12.8. The molecule has 6 nitrogen and oxygen atoms in total. The minimum Gasteiger partial charge on any atom is -0.442 e. The van der Waals surface area contributed by atoms with Crippen molar-refractivity contribution in [3.63, 3.8) is 0 Å². The molecule has 4 aliphatic rings. The van der Waals surface area contributed by atoms with Gasteiger partial charge in [-0.25, -0.2) is 0 Å². The van der Waals surface area contributed by atoms with E-state index in [1.165, 1.54) is 50.5 Å². The highest BCUT2D eigenvalue weighted by molar-refractivity contribution is 5.70. The summed E-state index contributed by atoms with van der Waals surface area (Å²) in [6.07, 6.45) is 15.8. The Bertz CT molecular complexity index is 907. The van der Waals surface area contributed by atoms with Crippen molar-refractivity contribution in [1.82, 2.24) is 10.6 Å². The van der Waals surface area contributed by atoms with E-state index in [-0.39, 0.29) is 17.4 Å². The van der Waals surface area contributed by atoms with Crippen molar-refractivity contribution in [2.75, 3.05) is 26.2 Å². The van der Waals surface area contributed by atoms with Crippen LogP contribution in [-0.4, -0.2) is 43.9 Å². The van der Waals surface area contributed by atoms with Crippen molar-refractivity contribution >= 4 is 5.97 Å². The first-order valence-electron chi connectivity index (χ1n) is 17.3. The number of allylic oxidation sites excluding steroid dienone is 1. The molecule has 5 unspecified atom stereocenters. The van der Waals surface area contributed by atoms with Gasteiger partial charge in [0.25, 0.3) is 0 Å². The van der Waals surface area contributed by atoms with Crippen LogP contribution in [-0.2, 0) is 9.53 Å². The molecule has 3 fully saturated rings. The quantitative estimate of drug-likeness (QED) is 0.0863. The Labute approximate surface area is 251 Å². The SMILES string of the molecule is CCNCCNCCCC(=O)OC1(N)CC2=CCC3C(CC[C@@]4(C)C3CC[C@@H]4[C@H](C)CCCC(C)C)[C@@]2(C)CC1N. The Kier molecular flexibility index (Phi) is 11.1. The van der Waals surface area contributed by atoms with Crippen LogP contribution >= 0.6 is 0 Å². The molecule has 0 aromatic rings. The van der Waals surface area contributed by atoms with Crippen molar-refractivity contribution < 1.29 is 9.53 Å². The molecule has 0 amide bonds. The second kappa shape index (κ2) is 13.8. The largest absolute Gasteiger partial charge is 0.442 e. The summed E-state index contributed by atoms with van der Waals surface area (Å²) in [5, 5.41) is 6.66. The zero-order valence-corrected chi connectivity index (χ0v) is 27.4. The number of carbonyl (C=O) groups excluding carboxylic acids is 1. The van der Waals surface area contributed by atoms with Gasteiger partial charge in [-0.2, -0.15) is 0 Å². The molecule has 0 heterocycles. The minimum absolute atomic E-state index is 0.0658. The van der Waals surface area contributed by atoms with Crippen LogP contribution < -0.4 is 22.1 Å². The van der Waals surface area contributed by atoms with E-state index in [9.17, 15) is 4.79 Å². The van der Waals surface area contributed by atoms with Crippen LogP contribution in [0, 0.1) is 46.3 Å². The van der Waals surface area contributed by atoms with Gasteiger partial charge in [0.2, 0.25) is 0 Å². The predicted octanol–water partition coefficient (Wildman–Crippen LogP) is 6.14. The van der Waals surface area contributed by atoms with Gasteiger partial charge in [-0.3, -0.25) is 10.5 Å². The van der Waals surface area contributed by atoms with Crippen LogP contribution in [0.4, 0.5) is 0 Å². The predicted molar refractivity (Wildman–Crippen MR) is 170 cm³/mol. The Morgan fingerprint density at radius 3 is 2.54 bits per heavy atom. The number of fused-ring (bicyclic) bond motifs is 5. The molecule has 0 radical (unpaired) electrons. The minimum atomic E-state index is -1.10. The zero-order valence-electron chi connectivity index (χ0n) is 27.4. The van der Waals surface area contributed by atoms with Crippen LogP contribution in [0.1, 0.15) is 119 Å². The van der Waals surface area contributed by atoms with Gasteiger partial charge in [0.15, 0.2) is 5.72 Å². The number of ether oxygens (including phenoxy) is 1. The first kappa shape index (κ1) is 33.0. The van der Waals surface area contributed by atoms with Gasteiger partial charge < -0.3 is 21.1 Å². The molecule has 3 saturated carbocycles. The fourth-order valence-corrected chi connectivity index (χ4v) is 10.0. The van der Waals surface area contributed by atoms with Crippen molar-refractivity contribution in [3.05, 3.63) is 11.6 Å². The Morgan fingerprint density at radius 1 is 1.05 bits per heavy atom. The average molecular weight is 573 g/mol. The number of rotatable bonds is 14. The van der Waals surface area contributed by atoms with Crippen molar-refractivity contribution in [2.45, 2.75) is 130 Å². The Balaban J connectivity index is 1.36. The molecule has 4 aliphatic carbocycles. The molecule has 0 bridgehead atoms. The molecule has 0 spiro atoms. The molecular formula is C35H64N4O2. The van der Waals surface area contributed by atoms with Gasteiger partial charge in [0.1, 0.15) is 0 Å². The van der Waals surface area contributed by atoms with Gasteiger partial charge in [0.05, 0.1) is 6.04 Å². The van der Waals surface area contributed by atoms with E-state index in [1.807, 2.05) is 0 Å². The topological polar surface area (TPSA) is 102 Å². The fourth-order valence-electron chi connectivity index (χ4n) is 10.0. The lowest BCUT2D eigenvalue weighted by Gasteiger charge is -2.60. The standard InChI is InChI=1S/C35H64N4O2/c1-7-38-20-21-39-19-9-12-32(40)41-35(37)22-26-13-14-27-29-16-15-28(25(4)11-8-10-24(2)3)33(29,5)18-17-30(27)34(26,6)23-31(35)36/h13,24-25,27-31,38-39H,7-12,14-23,36-37H2,1-6H3/t25-,27?,28-,29?,30?,31?,33-,34+,35?/m1/s1. The van der Waals surface area contributed by atoms with E-state index in [0.717, 1.165) is 75.0 Å². The molecule has 6 N–H and O–H groups in total. The molecule has 0 aromatic heterocycles. The number of esters is 1. The lowest BCUT2D eigenvalue weighted by atomic mass is 9.46. The lowest BCUT2D eigenvalue weighted by molar-refractivity contribution is -0.167. The molecule has 4 rings (SSSR count). The van der Waals surface area contributed by atoms with E-state index in [4.69, 9.17) is 16.2 Å². The van der Waals surface area contributed by atoms with E-state index in [0.29, 0.717) is 24.2 Å². The highest BCUT2D eigenvalue weighted by atomic mass is 16.6. The molecule has 236 valence electrons. The first-order valence-corrected chi connectivity index (χ1v) is 17.3. The second-order valence-electron chi connectivity index (χ2n) is 15.4. The molecule has 9 atom stereocenters. The summed E-state index contributed by atoms with van der Waals surface area (Å²) in [4.78, 5) is 12.8. The molecular weight excluding hydrogens is 508 g/mol. The van der Waals surface area contributed by atoms with Gasteiger partial charge >= 0.3 is 5.97 Å². The summed E-state index contributed by atoms with van der Waals surface area (Å²) in [5.74, 6) is 4.51. The normalized spacial score (nSPS) is 39.0. The highest BCUT2D eigenvalue weighted by Crippen LogP contribution is 2.67. The van der Waals surface area contributed by atoms with Crippen LogP contribution in [0.3, 0.4) is 0 Å². The number of carbonyl (C=O) groups is 1. The second-order valence-corrected chi connectivity index (χ2v) is 15.4. The molecule has 0 aliphatic heterocycles. The maximum absolute atomic E-state index is 12.8. The van der Waals surface area contributed by atoms with E-state index in [2.05, 4.69) is 58.3 Å². The summed E-state index contributed by atoms with van der Waals surface area (Å²) < 4.78 is 5.97. The zero-order chi connectivity index (χ0) is 29.8. The molecule has 6 heteroatoms. The fraction of sp³-hybridized carbons (Fsp3) is 0.914. The summed E-state index contributed by atoms with van der Waals surface area (Å²) in [7, 11) is 0. The smallest absolute Gasteiger partial charge is 0.307 e. The lowest BCUT2D eigenvalue weighted by Crippen LogP contribution is -2.65. The average Bonchev–Trinajstić information content (AvgIpc) is 3.26. The first-order chi connectivity index (χ1) is 19.4. The van der Waals surface area contributed by atoms with E-state index < -0.39 is 5.72 Å². The summed E-state index contributed by atoms with van der Waals surface area (Å²) in [6.45, 7) is 18.1. The third-order valence-corrected chi connectivity index (χ3v) is 12.3. The van der Waals surface area contributed by atoms with E-state index in [1.54, 1.807) is 0 Å². The van der Waals surface area contributed by atoms with Gasteiger partial charge in [-0.1, -0.05) is 72.5 Å². The van der Waals surface area contributed by atoms with Crippen LogP contribution in [0.25, 0.3) is 0 Å². The third kappa shape index (κ3) is 7.07. The molecule has 0 saturated heterocycles. The van der Waals surface area contributed by atoms with Crippen molar-refractivity contribution in [2.24, 2.45) is 57.8 Å². The number of hydrogen-bond acceptors (Lipinski definition) is 6. The maximum Gasteiger partial charge on any atom is 0.307 e. The summed E-state index contributed by atoms with van der Waals surface area (Å²) >= 11 is 0. The number of nitrogens with one attached hydrogen (secondary N) is 2. The van der Waals surface area contributed by atoms with Gasteiger partial charge in [-0.15, -0.1) is 0 Å². The number of hydrogen-bond donors (Lipinski definition) is 4. The van der Waals surface area contributed by atoms with Crippen LogP contribution in [0.15, 0.2) is 11.6 Å². The highest BCUT2D eigenvalue weighted by Gasteiger charge is 2.61. The van der Waals surface area contributed by atoms with Crippen molar-refractivity contribution in [3.8, 4) is 0 Å². The third-order valence-electron chi connectivity index (χ3n) is 12.3. The molecule has 0 aromatic carbocycles. The van der Waals surface area contributed by atoms with E-state index >= 15 is 0 Å². The number of likely N-dealkylation sites (N-methyl/N-ethyl adjacent to an activating group) is 1. The van der Waals surface area contributed by atoms with Gasteiger partial charge in [-0.05, 0) is 104 Å². The van der Waals surface area contributed by atoms with Crippen molar-refractivity contribution in [1.29, 1.82) is 0 Å². The Hall–Kier alpha value is -0.950. The van der Waals surface area contributed by atoms with Crippen LogP contribution in [0.5, 0.6) is 0 Å². The summed E-state index contributed by atoms with van der Waals surface area (Å²) in [6, 6.07) is -0.337. The summed E-state index contributed by atoms with van der Waals surface area (Å²) in [5.41, 5.74) is 14.5. The molecule has 41 heavy (non-hydrogen) atoms. The monoisotopic (exact) mass is 573 g/mol. The Morgan fingerprint density at radius 2 is 1.80 bits per heavy atom. The van der Waals surface area contributed by atoms with Crippen LogP contribution in [0.2, 0.25) is 0 Å². The van der Waals surface area contributed by atoms with Gasteiger partial charge in [0, 0.05) is 25.9 Å².